The number of hydrogen-bond donors (Lipinski definition) is 0. The lowest BCUT2D eigenvalue weighted by Gasteiger charge is -2.17. The molecule has 0 amide bonds. The zero-order valence-electron chi connectivity index (χ0n) is 10.3. The highest BCUT2D eigenvalue weighted by atomic mass is 32.1. The molecule has 1 aliphatic rings. The zero-order chi connectivity index (χ0) is 12.9. The molecule has 0 bridgehead atoms. The van der Waals surface area contributed by atoms with Crippen molar-refractivity contribution in [2.75, 3.05) is 0 Å². The van der Waals surface area contributed by atoms with E-state index in [1.807, 2.05) is 12.1 Å². The van der Waals surface area contributed by atoms with Crippen LogP contribution in [-0.2, 0) is 12.8 Å². The fourth-order valence-corrected chi connectivity index (χ4v) is 3.58. The first-order valence-electron chi connectivity index (χ1n) is 5.99. The molecule has 0 atom stereocenters. The third-order valence-corrected chi connectivity index (χ3v) is 4.76. The fourth-order valence-electron chi connectivity index (χ4n) is 2.43. The summed E-state index contributed by atoms with van der Waals surface area (Å²) < 4.78 is 13.6. The van der Waals surface area contributed by atoms with Crippen molar-refractivity contribution in [2.24, 2.45) is 0 Å². The van der Waals surface area contributed by atoms with Gasteiger partial charge in [-0.3, -0.25) is 4.79 Å². The van der Waals surface area contributed by atoms with Crippen molar-refractivity contribution in [3.05, 3.63) is 45.6 Å². The number of carbonyl (C=O) groups is 1. The third-order valence-electron chi connectivity index (χ3n) is 3.45. The molecule has 0 spiro atoms. The molecular formula is C15H13FOS. The number of Topliss-reactive ketones (excluding diaryl/α,β-unsaturated/α-hetero) is 1. The number of halogens is 1. The second-order valence-corrected chi connectivity index (χ2v) is 5.83. The Morgan fingerprint density at radius 1 is 1.22 bits per heavy atom. The van der Waals surface area contributed by atoms with Gasteiger partial charge in [-0.05, 0) is 67.1 Å². The molecule has 0 saturated carbocycles. The van der Waals surface area contributed by atoms with Crippen LogP contribution in [0.1, 0.15) is 33.3 Å². The molecule has 0 unspecified atom stereocenters. The maximum atomic E-state index is 13.6. The molecule has 3 heteroatoms. The molecule has 2 aromatic rings. The molecule has 0 saturated heterocycles. The van der Waals surface area contributed by atoms with Gasteiger partial charge in [0.1, 0.15) is 5.82 Å². The van der Waals surface area contributed by atoms with Gasteiger partial charge >= 0.3 is 0 Å². The van der Waals surface area contributed by atoms with Crippen LogP contribution >= 0.6 is 11.3 Å². The highest BCUT2D eigenvalue weighted by molar-refractivity contribution is 7.17. The average Bonchev–Trinajstić information content (AvgIpc) is 2.75. The molecule has 0 aliphatic heterocycles. The summed E-state index contributed by atoms with van der Waals surface area (Å²) in [7, 11) is 0. The standard InChI is InChI=1S/C15H13FOS/c1-8-5-12-10(6-13(8)16)3-4-11-7-14(9(2)17)18-15(11)12/h5-7H,3-4H2,1-2H3. The summed E-state index contributed by atoms with van der Waals surface area (Å²) in [6.07, 6.45) is 1.75. The summed E-state index contributed by atoms with van der Waals surface area (Å²) in [4.78, 5) is 13.4. The molecule has 1 aliphatic carbocycles. The first kappa shape index (κ1) is 11.6. The van der Waals surface area contributed by atoms with Gasteiger partial charge in [0.05, 0.1) is 4.88 Å². The summed E-state index contributed by atoms with van der Waals surface area (Å²) >= 11 is 1.53. The van der Waals surface area contributed by atoms with Gasteiger partial charge < -0.3 is 0 Å². The Hall–Kier alpha value is -1.48. The number of rotatable bonds is 1. The monoisotopic (exact) mass is 260 g/mol. The minimum absolute atomic E-state index is 0.106. The molecule has 0 fully saturated rings. The van der Waals surface area contributed by atoms with Crippen LogP contribution in [-0.4, -0.2) is 5.78 Å². The molecular weight excluding hydrogens is 247 g/mol. The number of thiophene rings is 1. The molecule has 3 rings (SSSR count). The van der Waals surface area contributed by atoms with E-state index in [9.17, 15) is 9.18 Å². The molecule has 1 aromatic carbocycles. The molecule has 92 valence electrons. The molecule has 0 radical (unpaired) electrons. The van der Waals surface area contributed by atoms with Crippen molar-refractivity contribution in [1.82, 2.24) is 0 Å². The van der Waals surface area contributed by atoms with E-state index in [0.717, 1.165) is 33.7 Å². The van der Waals surface area contributed by atoms with Crippen molar-refractivity contribution < 1.29 is 9.18 Å². The van der Waals surface area contributed by atoms with Gasteiger partial charge in [0.2, 0.25) is 0 Å². The number of carbonyl (C=O) groups excluding carboxylic acids is 1. The summed E-state index contributed by atoms with van der Waals surface area (Å²) in [6.45, 7) is 3.37. The van der Waals surface area contributed by atoms with E-state index in [1.165, 1.54) is 16.9 Å². The number of fused-ring (bicyclic) bond motifs is 3. The van der Waals surface area contributed by atoms with E-state index in [4.69, 9.17) is 0 Å². The number of benzene rings is 1. The molecule has 18 heavy (non-hydrogen) atoms. The van der Waals surface area contributed by atoms with Crippen LogP contribution in [0.25, 0.3) is 10.4 Å². The lowest BCUT2D eigenvalue weighted by Crippen LogP contribution is -2.02. The van der Waals surface area contributed by atoms with E-state index in [1.54, 1.807) is 19.9 Å². The quantitative estimate of drug-likeness (QED) is 0.703. The first-order valence-corrected chi connectivity index (χ1v) is 6.81. The van der Waals surface area contributed by atoms with E-state index in [0.29, 0.717) is 5.56 Å². The van der Waals surface area contributed by atoms with Gasteiger partial charge in [-0.1, -0.05) is 0 Å². The van der Waals surface area contributed by atoms with Gasteiger partial charge in [0, 0.05) is 4.88 Å². The van der Waals surface area contributed by atoms with Gasteiger partial charge in [-0.15, -0.1) is 11.3 Å². The topological polar surface area (TPSA) is 17.1 Å². The fraction of sp³-hybridized carbons (Fsp3) is 0.267. The van der Waals surface area contributed by atoms with Crippen LogP contribution in [0, 0.1) is 12.7 Å². The highest BCUT2D eigenvalue weighted by Crippen LogP contribution is 2.40. The van der Waals surface area contributed by atoms with Crippen molar-refractivity contribution in [3.8, 4) is 10.4 Å². The minimum atomic E-state index is -0.138. The van der Waals surface area contributed by atoms with Crippen LogP contribution in [0.3, 0.4) is 0 Å². The van der Waals surface area contributed by atoms with Crippen molar-refractivity contribution >= 4 is 17.1 Å². The van der Waals surface area contributed by atoms with Gasteiger partial charge in [0.15, 0.2) is 5.78 Å². The number of ketones is 1. The Kier molecular flexibility index (Phi) is 2.59. The Morgan fingerprint density at radius 3 is 2.67 bits per heavy atom. The normalized spacial score (nSPS) is 13.1. The van der Waals surface area contributed by atoms with Crippen molar-refractivity contribution in [2.45, 2.75) is 26.7 Å². The Bertz CT molecular complexity index is 655. The third kappa shape index (κ3) is 1.70. The van der Waals surface area contributed by atoms with Gasteiger partial charge in [-0.25, -0.2) is 4.39 Å². The summed E-state index contributed by atoms with van der Waals surface area (Å²) in [6, 6.07) is 5.54. The predicted molar refractivity (Wildman–Crippen MR) is 71.9 cm³/mol. The van der Waals surface area contributed by atoms with Crippen LogP contribution in [0.4, 0.5) is 4.39 Å². The van der Waals surface area contributed by atoms with E-state index in [-0.39, 0.29) is 11.6 Å². The average molecular weight is 260 g/mol. The second-order valence-electron chi connectivity index (χ2n) is 4.78. The van der Waals surface area contributed by atoms with E-state index >= 15 is 0 Å². The smallest absolute Gasteiger partial charge is 0.169 e. The minimum Gasteiger partial charge on any atom is -0.294 e. The Morgan fingerprint density at radius 2 is 1.94 bits per heavy atom. The number of aryl methyl sites for hydroxylation is 3. The molecule has 0 N–H and O–H groups in total. The van der Waals surface area contributed by atoms with Crippen LogP contribution in [0.15, 0.2) is 18.2 Å². The SMILES string of the molecule is CC(=O)c1cc2c(s1)-c1cc(C)c(F)cc1CC2. The summed E-state index contributed by atoms with van der Waals surface area (Å²) in [5.74, 6) is -0.0321. The summed E-state index contributed by atoms with van der Waals surface area (Å²) in [5.41, 5.74) is 4.05. The maximum Gasteiger partial charge on any atom is 0.169 e. The van der Waals surface area contributed by atoms with Crippen LogP contribution < -0.4 is 0 Å². The second kappa shape index (κ2) is 4.02. The maximum absolute atomic E-state index is 13.6. The van der Waals surface area contributed by atoms with Gasteiger partial charge in [0.25, 0.3) is 0 Å². The lowest BCUT2D eigenvalue weighted by molar-refractivity contribution is 0.102. The van der Waals surface area contributed by atoms with Crippen LogP contribution in [0.5, 0.6) is 0 Å². The number of hydrogen-bond acceptors (Lipinski definition) is 2. The Labute approximate surface area is 109 Å². The van der Waals surface area contributed by atoms with E-state index < -0.39 is 0 Å². The van der Waals surface area contributed by atoms with E-state index in [2.05, 4.69) is 0 Å². The Balaban J connectivity index is 2.21. The zero-order valence-corrected chi connectivity index (χ0v) is 11.2. The molecule has 1 aromatic heterocycles. The predicted octanol–water partition coefficient (Wildman–Crippen LogP) is 4.16. The highest BCUT2D eigenvalue weighted by Gasteiger charge is 2.21. The molecule has 1 nitrogen and oxygen atoms in total. The van der Waals surface area contributed by atoms with Gasteiger partial charge in [-0.2, -0.15) is 0 Å². The largest absolute Gasteiger partial charge is 0.294 e. The lowest BCUT2D eigenvalue weighted by atomic mass is 9.90. The van der Waals surface area contributed by atoms with Crippen molar-refractivity contribution in [1.29, 1.82) is 0 Å². The first-order chi connectivity index (χ1) is 8.56. The van der Waals surface area contributed by atoms with Crippen LogP contribution in [0.2, 0.25) is 0 Å². The summed E-state index contributed by atoms with van der Waals surface area (Å²) in [5, 5.41) is 0. The van der Waals surface area contributed by atoms with Crippen molar-refractivity contribution in [3.63, 3.8) is 0 Å². The molecule has 1 heterocycles.